The Kier molecular flexibility index (Phi) is 5.41. The topological polar surface area (TPSA) is 75.3 Å². The highest BCUT2D eigenvalue weighted by Gasteiger charge is 2.02. The van der Waals surface area contributed by atoms with Crippen molar-refractivity contribution in [3.05, 3.63) is 65.2 Å². The molecule has 2 rings (SSSR count). The molecule has 0 heterocycles. The van der Waals surface area contributed by atoms with Gasteiger partial charge in [-0.15, -0.1) is 0 Å². The fourth-order valence-corrected chi connectivity index (χ4v) is 2.62. The quantitative estimate of drug-likeness (QED) is 0.817. The number of rotatable bonds is 5. The summed E-state index contributed by atoms with van der Waals surface area (Å²) in [6, 6.07) is 12.5. The number of hydrogen-bond acceptors (Lipinski definition) is 3. The van der Waals surface area contributed by atoms with Crippen LogP contribution in [0.15, 0.2) is 48.5 Å². The zero-order chi connectivity index (χ0) is 17.7. The van der Waals surface area contributed by atoms with Gasteiger partial charge in [0.15, 0.2) is 0 Å². The molecule has 0 aliphatic heterocycles. The Balaban J connectivity index is 1.99. The summed E-state index contributed by atoms with van der Waals surface area (Å²) in [4.78, 5) is 11.9. The Hall–Kier alpha value is -2.60. The minimum absolute atomic E-state index is 0.225. The molecule has 0 aliphatic rings. The van der Waals surface area contributed by atoms with Crippen LogP contribution < -0.4 is 10.0 Å². The molecule has 0 aromatic heterocycles. The van der Waals surface area contributed by atoms with Crippen molar-refractivity contribution in [2.24, 2.45) is 0 Å². The van der Waals surface area contributed by atoms with Gasteiger partial charge in [-0.25, -0.2) is 8.42 Å². The van der Waals surface area contributed by atoms with Crippen LogP contribution in [-0.4, -0.2) is 20.6 Å². The highest BCUT2D eigenvalue weighted by Crippen LogP contribution is 2.15. The maximum absolute atomic E-state index is 11.9. The Morgan fingerprint density at radius 2 is 1.58 bits per heavy atom. The Bertz CT molecular complexity index is 870. The number of nitrogens with one attached hydrogen (secondary N) is 2. The molecule has 0 saturated heterocycles. The number of hydrogen-bond donors (Lipinski definition) is 2. The van der Waals surface area contributed by atoms with E-state index >= 15 is 0 Å². The van der Waals surface area contributed by atoms with E-state index in [0.29, 0.717) is 5.69 Å². The van der Waals surface area contributed by atoms with Crippen LogP contribution in [0.5, 0.6) is 0 Å². The van der Waals surface area contributed by atoms with Gasteiger partial charge >= 0.3 is 0 Å². The molecule has 126 valence electrons. The molecule has 0 saturated carbocycles. The van der Waals surface area contributed by atoms with E-state index in [1.54, 1.807) is 30.3 Å². The summed E-state index contributed by atoms with van der Waals surface area (Å²) in [6.07, 6.45) is 4.20. The molecule has 2 N–H and O–H groups in total. The molecule has 6 heteroatoms. The van der Waals surface area contributed by atoms with Crippen LogP contribution in [0.1, 0.15) is 16.7 Å². The van der Waals surface area contributed by atoms with Crippen molar-refractivity contribution in [2.45, 2.75) is 13.8 Å². The molecular formula is C18H20N2O3S. The molecule has 24 heavy (non-hydrogen) atoms. The van der Waals surface area contributed by atoms with E-state index < -0.39 is 10.0 Å². The number of benzene rings is 2. The Morgan fingerprint density at radius 1 is 0.958 bits per heavy atom. The smallest absolute Gasteiger partial charge is 0.248 e. The molecule has 0 unspecified atom stereocenters. The molecule has 2 aromatic rings. The fraction of sp³-hybridized carbons (Fsp3) is 0.167. The molecule has 0 spiro atoms. The fourth-order valence-electron chi connectivity index (χ4n) is 2.05. The zero-order valence-electron chi connectivity index (χ0n) is 13.8. The van der Waals surface area contributed by atoms with E-state index in [0.717, 1.165) is 23.1 Å². The third-order valence-corrected chi connectivity index (χ3v) is 4.02. The lowest BCUT2D eigenvalue weighted by Gasteiger charge is -2.05. The Labute approximate surface area is 142 Å². The van der Waals surface area contributed by atoms with Crippen LogP contribution in [-0.2, 0) is 14.8 Å². The van der Waals surface area contributed by atoms with Crippen molar-refractivity contribution >= 4 is 33.4 Å². The molecule has 0 bridgehead atoms. The normalized spacial score (nSPS) is 11.5. The SMILES string of the molecule is Cc1ccc(NC(=O)/C=C/c2ccc(NS(C)(=O)=O)cc2)cc1C. The molecule has 0 atom stereocenters. The third-order valence-electron chi connectivity index (χ3n) is 3.42. The lowest BCUT2D eigenvalue weighted by molar-refractivity contribution is -0.111. The first-order valence-electron chi connectivity index (χ1n) is 7.37. The van der Waals surface area contributed by atoms with E-state index in [-0.39, 0.29) is 5.91 Å². The summed E-state index contributed by atoms with van der Waals surface area (Å²) in [7, 11) is -3.29. The lowest BCUT2D eigenvalue weighted by atomic mass is 10.1. The average molecular weight is 344 g/mol. The van der Waals surface area contributed by atoms with E-state index in [9.17, 15) is 13.2 Å². The van der Waals surface area contributed by atoms with Crippen LogP contribution in [0.25, 0.3) is 6.08 Å². The summed E-state index contributed by atoms with van der Waals surface area (Å²) in [5, 5.41) is 2.81. The van der Waals surface area contributed by atoms with E-state index in [2.05, 4.69) is 10.0 Å². The number of aryl methyl sites for hydroxylation is 2. The Morgan fingerprint density at radius 3 is 2.17 bits per heavy atom. The summed E-state index contributed by atoms with van der Waals surface area (Å²) in [6.45, 7) is 4.01. The monoisotopic (exact) mass is 344 g/mol. The molecular weight excluding hydrogens is 324 g/mol. The van der Waals surface area contributed by atoms with Crippen LogP contribution in [0.2, 0.25) is 0 Å². The van der Waals surface area contributed by atoms with Gasteiger partial charge in [-0.3, -0.25) is 9.52 Å². The van der Waals surface area contributed by atoms with Crippen molar-refractivity contribution in [1.82, 2.24) is 0 Å². The molecule has 0 aliphatic carbocycles. The average Bonchev–Trinajstić information content (AvgIpc) is 2.49. The summed E-state index contributed by atoms with van der Waals surface area (Å²) < 4.78 is 24.7. The predicted octanol–water partition coefficient (Wildman–Crippen LogP) is 3.33. The second-order valence-electron chi connectivity index (χ2n) is 5.62. The van der Waals surface area contributed by atoms with Crippen molar-refractivity contribution in [3.8, 4) is 0 Å². The third kappa shape index (κ3) is 5.55. The molecule has 0 fully saturated rings. The maximum atomic E-state index is 11.9. The van der Waals surface area contributed by atoms with E-state index in [1.807, 2.05) is 32.0 Å². The van der Waals surface area contributed by atoms with Crippen molar-refractivity contribution < 1.29 is 13.2 Å². The summed E-state index contributed by atoms with van der Waals surface area (Å²) in [5.74, 6) is -0.225. The van der Waals surface area contributed by atoms with Gasteiger partial charge in [0.25, 0.3) is 0 Å². The number of carbonyl (C=O) groups is 1. The number of anilines is 2. The van der Waals surface area contributed by atoms with Crippen molar-refractivity contribution in [2.75, 3.05) is 16.3 Å². The van der Waals surface area contributed by atoms with Crippen LogP contribution in [0, 0.1) is 13.8 Å². The van der Waals surface area contributed by atoms with Gasteiger partial charge in [-0.1, -0.05) is 18.2 Å². The maximum Gasteiger partial charge on any atom is 0.248 e. The molecule has 5 nitrogen and oxygen atoms in total. The molecule has 0 radical (unpaired) electrons. The van der Waals surface area contributed by atoms with Gasteiger partial charge in [0.2, 0.25) is 15.9 Å². The first-order chi connectivity index (χ1) is 11.2. The second kappa shape index (κ2) is 7.31. The van der Waals surface area contributed by atoms with E-state index in [4.69, 9.17) is 0 Å². The van der Waals surface area contributed by atoms with Gasteiger partial charge in [-0.05, 0) is 60.9 Å². The minimum atomic E-state index is -3.29. The summed E-state index contributed by atoms with van der Waals surface area (Å²) >= 11 is 0. The van der Waals surface area contributed by atoms with Gasteiger partial charge in [0.1, 0.15) is 0 Å². The summed E-state index contributed by atoms with van der Waals surface area (Å²) in [5.41, 5.74) is 4.32. The van der Waals surface area contributed by atoms with Crippen LogP contribution in [0.4, 0.5) is 11.4 Å². The van der Waals surface area contributed by atoms with Crippen molar-refractivity contribution in [1.29, 1.82) is 0 Å². The largest absolute Gasteiger partial charge is 0.323 e. The zero-order valence-corrected chi connectivity index (χ0v) is 14.6. The van der Waals surface area contributed by atoms with E-state index in [1.165, 1.54) is 11.6 Å². The lowest BCUT2D eigenvalue weighted by Crippen LogP contribution is -2.09. The predicted molar refractivity (Wildman–Crippen MR) is 98.5 cm³/mol. The molecule has 1 amide bonds. The second-order valence-corrected chi connectivity index (χ2v) is 7.37. The van der Waals surface area contributed by atoms with Gasteiger partial charge in [-0.2, -0.15) is 0 Å². The van der Waals surface area contributed by atoms with Crippen LogP contribution in [0.3, 0.4) is 0 Å². The number of carbonyl (C=O) groups excluding carboxylic acids is 1. The molecule has 2 aromatic carbocycles. The van der Waals surface area contributed by atoms with Crippen molar-refractivity contribution in [3.63, 3.8) is 0 Å². The van der Waals surface area contributed by atoms with Gasteiger partial charge in [0.05, 0.1) is 6.26 Å². The standard InChI is InChI=1S/C18H20N2O3S/c1-13-4-8-17(12-14(13)2)19-18(21)11-7-15-5-9-16(10-6-15)20-24(3,22)23/h4-12,20H,1-3H3,(H,19,21)/b11-7+. The number of sulfonamides is 1. The highest BCUT2D eigenvalue weighted by atomic mass is 32.2. The first-order valence-corrected chi connectivity index (χ1v) is 9.26. The van der Waals surface area contributed by atoms with Crippen LogP contribution >= 0.6 is 0 Å². The first kappa shape index (κ1) is 17.7. The van der Waals surface area contributed by atoms with Gasteiger partial charge < -0.3 is 5.32 Å². The minimum Gasteiger partial charge on any atom is -0.323 e. The highest BCUT2D eigenvalue weighted by molar-refractivity contribution is 7.92. The van der Waals surface area contributed by atoms with Gasteiger partial charge in [0, 0.05) is 17.5 Å². The number of amides is 1.